The van der Waals surface area contributed by atoms with Gasteiger partial charge in [0.15, 0.2) is 0 Å². The van der Waals surface area contributed by atoms with Crippen LogP contribution >= 0.6 is 0 Å². The number of rotatable bonds is 19. The molecule has 1 heterocycles. The van der Waals surface area contributed by atoms with Crippen LogP contribution in [0.25, 0.3) is 0 Å². The highest BCUT2D eigenvalue weighted by Crippen LogP contribution is 2.25. The summed E-state index contributed by atoms with van der Waals surface area (Å²) >= 11 is 0. The van der Waals surface area contributed by atoms with Crippen LogP contribution in [0.1, 0.15) is 42.9 Å². The fourth-order valence-corrected chi connectivity index (χ4v) is 7.01. The number of benzene rings is 4. The maximum Gasteiger partial charge on any atom is 0.242 e. The van der Waals surface area contributed by atoms with Crippen LogP contribution in [0.5, 0.6) is 5.75 Å². The molecule has 1 aliphatic heterocycles. The summed E-state index contributed by atoms with van der Waals surface area (Å²) in [5, 5.41) is 20.1. The number of hydrogen-bond donors (Lipinski definition) is 6. The van der Waals surface area contributed by atoms with Crippen molar-refractivity contribution in [1.29, 1.82) is 0 Å². The fraction of sp³-hybridized carbons (Fsp3) is 0.356. The zero-order valence-electron chi connectivity index (χ0n) is 33.0. The Morgan fingerprint density at radius 3 is 1.95 bits per heavy atom. The highest BCUT2D eigenvalue weighted by atomic mass is 16.3. The number of hydrogen-bond acceptors (Lipinski definition) is 8. The number of amides is 5. The SMILES string of the molecule is C[C@H](NC(=O)[C@H](N)Cc1ccc(O)cc1)C(=O)NCC(=O)N[C@H](Cc1ccccc1)C(=O)NCCC(=O)N(c1ccccc1)C1CCN(CCc2ccccc2)CC1. The van der Waals surface area contributed by atoms with Gasteiger partial charge < -0.3 is 41.9 Å². The Labute approximate surface area is 340 Å². The van der Waals surface area contributed by atoms with E-state index in [1.54, 1.807) is 12.1 Å². The Bertz CT molecular complexity index is 1920. The van der Waals surface area contributed by atoms with Crippen molar-refractivity contribution < 1.29 is 29.1 Å². The summed E-state index contributed by atoms with van der Waals surface area (Å²) in [6.07, 6.45) is 3.10. The average molecular weight is 790 g/mol. The predicted molar refractivity (Wildman–Crippen MR) is 224 cm³/mol. The lowest BCUT2D eigenvalue weighted by molar-refractivity contribution is -0.131. The minimum absolute atomic E-state index is 0.0252. The van der Waals surface area contributed by atoms with Crippen molar-refractivity contribution >= 4 is 35.2 Å². The number of aromatic hydroxyl groups is 1. The highest BCUT2D eigenvalue weighted by Gasteiger charge is 2.30. The van der Waals surface area contributed by atoms with E-state index in [9.17, 15) is 29.1 Å². The second kappa shape index (κ2) is 22.0. The van der Waals surface area contributed by atoms with E-state index >= 15 is 0 Å². The van der Waals surface area contributed by atoms with Crippen LogP contribution < -0.4 is 31.9 Å². The molecule has 0 radical (unpaired) electrons. The third-order valence-corrected chi connectivity index (χ3v) is 10.3. The van der Waals surface area contributed by atoms with Crippen LogP contribution in [-0.4, -0.2) is 96.4 Å². The number of anilines is 1. The number of piperidine rings is 1. The van der Waals surface area contributed by atoms with Crippen LogP contribution in [0.3, 0.4) is 0 Å². The molecule has 13 nitrogen and oxygen atoms in total. The normalized spacial score (nSPS) is 14.7. The van der Waals surface area contributed by atoms with Gasteiger partial charge in [-0.1, -0.05) is 91.0 Å². The molecule has 7 N–H and O–H groups in total. The number of nitrogens with two attached hydrogens (primary N) is 1. The summed E-state index contributed by atoms with van der Waals surface area (Å²) in [4.78, 5) is 70.3. The Hall–Kier alpha value is -6.05. The van der Waals surface area contributed by atoms with Gasteiger partial charge in [0, 0.05) is 50.7 Å². The molecule has 13 heteroatoms. The van der Waals surface area contributed by atoms with Crippen molar-refractivity contribution in [2.75, 3.05) is 37.6 Å². The van der Waals surface area contributed by atoms with Crippen molar-refractivity contribution in [1.82, 2.24) is 26.2 Å². The van der Waals surface area contributed by atoms with Gasteiger partial charge in [0.05, 0.1) is 12.6 Å². The van der Waals surface area contributed by atoms with Gasteiger partial charge in [-0.3, -0.25) is 24.0 Å². The molecule has 0 aromatic heterocycles. The zero-order chi connectivity index (χ0) is 41.3. The average Bonchev–Trinajstić information content (AvgIpc) is 3.24. The highest BCUT2D eigenvalue weighted by molar-refractivity contribution is 5.95. The molecule has 1 saturated heterocycles. The molecule has 4 aromatic rings. The predicted octanol–water partition coefficient (Wildman–Crippen LogP) is 2.86. The van der Waals surface area contributed by atoms with Crippen molar-refractivity contribution in [3.8, 4) is 5.75 Å². The van der Waals surface area contributed by atoms with Crippen molar-refractivity contribution in [2.24, 2.45) is 5.73 Å². The van der Waals surface area contributed by atoms with Gasteiger partial charge in [-0.25, -0.2) is 0 Å². The van der Waals surface area contributed by atoms with Crippen LogP contribution in [0.2, 0.25) is 0 Å². The van der Waals surface area contributed by atoms with E-state index in [1.807, 2.05) is 71.6 Å². The van der Waals surface area contributed by atoms with Crippen molar-refractivity contribution in [3.05, 3.63) is 132 Å². The molecule has 0 aliphatic carbocycles. The number of para-hydroxylation sites is 1. The molecule has 306 valence electrons. The Balaban J connectivity index is 1.11. The third kappa shape index (κ3) is 13.6. The minimum atomic E-state index is -0.991. The summed E-state index contributed by atoms with van der Waals surface area (Å²) in [6.45, 7) is 3.84. The quantitative estimate of drug-likeness (QED) is 0.0838. The largest absolute Gasteiger partial charge is 0.508 e. The summed E-state index contributed by atoms with van der Waals surface area (Å²) in [6, 6.07) is 32.7. The van der Waals surface area contributed by atoms with Crippen LogP contribution in [0.15, 0.2) is 115 Å². The number of nitrogens with zero attached hydrogens (tertiary/aromatic N) is 2. The van der Waals surface area contributed by atoms with E-state index in [2.05, 4.69) is 50.4 Å². The first-order chi connectivity index (χ1) is 28.0. The number of carbonyl (C=O) groups is 5. The molecule has 5 rings (SSSR count). The molecule has 58 heavy (non-hydrogen) atoms. The Morgan fingerprint density at radius 1 is 0.724 bits per heavy atom. The Kier molecular flexibility index (Phi) is 16.4. The van der Waals surface area contributed by atoms with E-state index in [0.717, 1.165) is 55.7 Å². The van der Waals surface area contributed by atoms with Crippen LogP contribution in [-0.2, 0) is 43.2 Å². The molecular weight excluding hydrogens is 735 g/mol. The number of likely N-dealkylation sites (tertiary alicyclic amines) is 1. The third-order valence-electron chi connectivity index (χ3n) is 10.3. The van der Waals surface area contributed by atoms with Gasteiger partial charge in [0.25, 0.3) is 0 Å². The first kappa shape index (κ1) is 43.1. The monoisotopic (exact) mass is 789 g/mol. The lowest BCUT2D eigenvalue weighted by atomic mass is 10.0. The summed E-state index contributed by atoms with van der Waals surface area (Å²) < 4.78 is 0. The van der Waals surface area contributed by atoms with E-state index < -0.39 is 48.3 Å². The molecule has 0 unspecified atom stereocenters. The number of phenolic OH excluding ortho intramolecular Hbond substituents is 1. The van der Waals surface area contributed by atoms with E-state index in [-0.39, 0.29) is 43.5 Å². The molecule has 0 spiro atoms. The molecule has 5 amide bonds. The molecule has 1 aliphatic rings. The van der Waals surface area contributed by atoms with E-state index in [4.69, 9.17) is 5.73 Å². The second-order valence-corrected chi connectivity index (χ2v) is 14.7. The van der Waals surface area contributed by atoms with Gasteiger partial charge in [-0.05, 0) is 73.6 Å². The van der Waals surface area contributed by atoms with Gasteiger partial charge >= 0.3 is 0 Å². The summed E-state index contributed by atoms with van der Waals surface area (Å²) in [5.74, 6) is -2.22. The minimum Gasteiger partial charge on any atom is -0.508 e. The summed E-state index contributed by atoms with van der Waals surface area (Å²) in [5.41, 5.74) is 9.72. The number of nitrogens with one attached hydrogen (secondary N) is 4. The maximum absolute atomic E-state index is 13.9. The van der Waals surface area contributed by atoms with Gasteiger partial charge in [-0.2, -0.15) is 0 Å². The first-order valence-electron chi connectivity index (χ1n) is 19.9. The van der Waals surface area contributed by atoms with Crippen LogP contribution in [0.4, 0.5) is 5.69 Å². The molecular formula is C45H55N7O6. The van der Waals surface area contributed by atoms with Gasteiger partial charge in [0.2, 0.25) is 29.5 Å². The van der Waals surface area contributed by atoms with Crippen molar-refractivity contribution in [3.63, 3.8) is 0 Å². The number of phenols is 1. The van der Waals surface area contributed by atoms with Gasteiger partial charge in [-0.15, -0.1) is 0 Å². The zero-order valence-corrected chi connectivity index (χ0v) is 33.0. The second-order valence-electron chi connectivity index (χ2n) is 14.7. The first-order valence-corrected chi connectivity index (χ1v) is 19.9. The fourth-order valence-electron chi connectivity index (χ4n) is 7.01. The summed E-state index contributed by atoms with van der Waals surface area (Å²) in [7, 11) is 0. The van der Waals surface area contributed by atoms with Crippen molar-refractivity contribution in [2.45, 2.75) is 69.6 Å². The lowest BCUT2D eigenvalue weighted by Gasteiger charge is -2.38. The lowest BCUT2D eigenvalue weighted by Crippen LogP contribution is -2.54. The van der Waals surface area contributed by atoms with E-state index in [1.165, 1.54) is 24.6 Å². The van der Waals surface area contributed by atoms with Crippen LogP contribution in [0, 0.1) is 0 Å². The number of carbonyl (C=O) groups excluding carboxylic acids is 5. The molecule has 0 bridgehead atoms. The molecule has 3 atom stereocenters. The molecule has 1 fully saturated rings. The molecule has 0 saturated carbocycles. The topological polar surface area (TPSA) is 186 Å². The standard InChI is InChI=1S/C45H55N7O6/c1-32(49-44(57)39(46)29-35-17-19-38(53)20-18-35)43(56)48-31-41(54)50-40(30-34-13-7-3-8-14-34)45(58)47-25-21-42(55)52(36-15-9-4-10-16-36)37-23-27-51(28-24-37)26-22-33-11-5-2-6-12-33/h2-20,32,37,39-40,53H,21-31,46H2,1H3,(H,47,58)(H,48,56)(H,49,57)(H,50,54)/t32-,39+,40+/m0/s1. The Morgan fingerprint density at radius 2 is 1.31 bits per heavy atom. The van der Waals surface area contributed by atoms with Gasteiger partial charge in [0.1, 0.15) is 17.8 Å². The molecule has 4 aromatic carbocycles. The maximum atomic E-state index is 13.9. The smallest absolute Gasteiger partial charge is 0.242 e. The van der Waals surface area contributed by atoms with E-state index in [0.29, 0.717) is 0 Å².